The van der Waals surface area contributed by atoms with Gasteiger partial charge in [0.25, 0.3) is 0 Å². The number of hydrogen-bond donors (Lipinski definition) is 0. The van der Waals surface area contributed by atoms with Crippen LogP contribution in [0.4, 0.5) is 0 Å². The Bertz CT molecular complexity index is 402. The highest BCUT2D eigenvalue weighted by Gasteiger charge is 2.16. The molecule has 0 amide bonds. The highest BCUT2D eigenvalue weighted by Crippen LogP contribution is 2.13. The first-order chi connectivity index (χ1) is 8.81. The zero-order valence-corrected chi connectivity index (χ0v) is 10.8. The van der Waals surface area contributed by atoms with Gasteiger partial charge in [-0.15, -0.1) is 0 Å². The highest BCUT2D eigenvalue weighted by molar-refractivity contribution is 5.27. The second-order valence-electron chi connectivity index (χ2n) is 4.56. The maximum Gasteiger partial charge on any atom is 0.118 e. The van der Waals surface area contributed by atoms with Gasteiger partial charge in [0, 0.05) is 32.7 Å². The Morgan fingerprint density at radius 1 is 1.11 bits per heavy atom. The lowest BCUT2D eigenvalue weighted by Gasteiger charge is -2.33. The van der Waals surface area contributed by atoms with E-state index in [1.54, 1.807) is 7.11 Å². The van der Waals surface area contributed by atoms with E-state index >= 15 is 0 Å². The van der Waals surface area contributed by atoms with Crippen LogP contribution in [0.3, 0.4) is 0 Å². The van der Waals surface area contributed by atoms with Gasteiger partial charge >= 0.3 is 0 Å². The fourth-order valence-corrected chi connectivity index (χ4v) is 2.19. The van der Waals surface area contributed by atoms with E-state index < -0.39 is 0 Å². The zero-order valence-electron chi connectivity index (χ0n) is 10.8. The molecule has 4 heteroatoms. The molecule has 1 aliphatic heterocycles. The summed E-state index contributed by atoms with van der Waals surface area (Å²) in [7, 11) is 1.68. The number of piperazine rings is 1. The molecule has 1 aromatic carbocycles. The fraction of sp³-hybridized carbons (Fsp3) is 0.500. The molecule has 4 nitrogen and oxygen atoms in total. The molecule has 0 aliphatic carbocycles. The molecule has 2 rings (SSSR count). The van der Waals surface area contributed by atoms with Crippen LogP contribution in [0.1, 0.15) is 5.56 Å². The molecule has 0 radical (unpaired) electrons. The number of rotatable bonds is 4. The molecule has 0 unspecified atom stereocenters. The Morgan fingerprint density at radius 2 is 1.72 bits per heavy atom. The molecule has 96 valence electrons. The standard InChI is InChI=1S/C14H19N3O/c1-18-14-4-2-13(3-5-14)12-17-10-8-16(7-6-15)9-11-17/h2-5H,7-12H2,1H3. The SMILES string of the molecule is COc1ccc(CN2CCN(CC#N)CC2)cc1. The molecular weight excluding hydrogens is 226 g/mol. The Hall–Kier alpha value is -1.57. The predicted octanol–water partition coefficient (Wildman–Crippen LogP) is 1.34. The van der Waals surface area contributed by atoms with Crippen molar-refractivity contribution in [1.82, 2.24) is 9.80 Å². The second kappa shape index (κ2) is 6.39. The molecule has 1 heterocycles. The maximum absolute atomic E-state index is 8.65. The van der Waals surface area contributed by atoms with Crippen molar-refractivity contribution in [2.45, 2.75) is 6.54 Å². The van der Waals surface area contributed by atoms with Gasteiger partial charge in [0.1, 0.15) is 5.75 Å². The van der Waals surface area contributed by atoms with E-state index in [2.05, 4.69) is 28.0 Å². The van der Waals surface area contributed by atoms with Gasteiger partial charge in [-0.3, -0.25) is 9.80 Å². The van der Waals surface area contributed by atoms with Crippen LogP contribution < -0.4 is 4.74 Å². The minimum Gasteiger partial charge on any atom is -0.497 e. The average Bonchev–Trinajstić information content (AvgIpc) is 2.42. The van der Waals surface area contributed by atoms with Crippen molar-refractivity contribution >= 4 is 0 Å². The predicted molar refractivity (Wildman–Crippen MR) is 70.3 cm³/mol. The van der Waals surface area contributed by atoms with Crippen molar-refractivity contribution in [3.63, 3.8) is 0 Å². The largest absolute Gasteiger partial charge is 0.497 e. The van der Waals surface area contributed by atoms with E-state index in [4.69, 9.17) is 10.00 Å². The summed E-state index contributed by atoms with van der Waals surface area (Å²) in [5.41, 5.74) is 1.31. The van der Waals surface area contributed by atoms with Crippen molar-refractivity contribution < 1.29 is 4.74 Å². The third-order valence-corrected chi connectivity index (χ3v) is 3.32. The van der Waals surface area contributed by atoms with Crippen molar-refractivity contribution in [2.24, 2.45) is 0 Å². The van der Waals surface area contributed by atoms with Gasteiger partial charge in [0.2, 0.25) is 0 Å². The molecular formula is C14H19N3O. The van der Waals surface area contributed by atoms with Gasteiger partial charge in [-0.2, -0.15) is 5.26 Å². The van der Waals surface area contributed by atoms with Crippen LogP contribution in [0.2, 0.25) is 0 Å². The van der Waals surface area contributed by atoms with Crippen LogP contribution in [0, 0.1) is 11.3 Å². The second-order valence-corrected chi connectivity index (χ2v) is 4.56. The molecule has 1 aliphatic rings. The van der Waals surface area contributed by atoms with Gasteiger partial charge < -0.3 is 4.74 Å². The highest BCUT2D eigenvalue weighted by atomic mass is 16.5. The number of ether oxygens (including phenoxy) is 1. The Kier molecular flexibility index (Phi) is 4.57. The lowest BCUT2D eigenvalue weighted by molar-refractivity contribution is 0.138. The van der Waals surface area contributed by atoms with E-state index in [0.29, 0.717) is 6.54 Å². The minimum absolute atomic E-state index is 0.552. The Morgan fingerprint density at radius 3 is 2.28 bits per heavy atom. The first-order valence-electron chi connectivity index (χ1n) is 6.26. The fourth-order valence-electron chi connectivity index (χ4n) is 2.19. The summed E-state index contributed by atoms with van der Waals surface area (Å²) in [5, 5.41) is 8.65. The lowest BCUT2D eigenvalue weighted by atomic mass is 10.2. The van der Waals surface area contributed by atoms with Crippen LogP contribution >= 0.6 is 0 Å². The van der Waals surface area contributed by atoms with E-state index in [9.17, 15) is 0 Å². The number of benzene rings is 1. The molecule has 0 bridgehead atoms. The molecule has 0 N–H and O–H groups in total. The normalized spacial score (nSPS) is 17.3. The van der Waals surface area contributed by atoms with Gasteiger partial charge in [-0.25, -0.2) is 0 Å². The van der Waals surface area contributed by atoms with E-state index in [1.807, 2.05) is 12.1 Å². The summed E-state index contributed by atoms with van der Waals surface area (Å²) in [6.45, 7) is 5.58. The number of methoxy groups -OCH3 is 1. The Balaban J connectivity index is 1.82. The summed E-state index contributed by atoms with van der Waals surface area (Å²) in [5.74, 6) is 0.901. The maximum atomic E-state index is 8.65. The molecule has 18 heavy (non-hydrogen) atoms. The van der Waals surface area contributed by atoms with Crippen molar-refractivity contribution in [2.75, 3.05) is 39.8 Å². The summed E-state index contributed by atoms with van der Waals surface area (Å²) in [6, 6.07) is 10.4. The molecule has 1 saturated heterocycles. The molecule has 1 aromatic rings. The molecule has 0 spiro atoms. The van der Waals surface area contributed by atoms with E-state index in [-0.39, 0.29) is 0 Å². The Labute approximate surface area is 108 Å². The molecule has 0 atom stereocenters. The summed E-state index contributed by atoms with van der Waals surface area (Å²) < 4.78 is 5.15. The van der Waals surface area contributed by atoms with Crippen molar-refractivity contribution in [1.29, 1.82) is 5.26 Å². The number of nitrogens with zero attached hydrogens (tertiary/aromatic N) is 3. The summed E-state index contributed by atoms with van der Waals surface area (Å²) in [4.78, 5) is 4.63. The van der Waals surface area contributed by atoms with Gasteiger partial charge in [-0.1, -0.05) is 12.1 Å². The zero-order chi connectivity index (χ0) is 12.8. The van der Waals surface area contributed by atoms with Crippen LogP contribution in [-0.2, 0) is 6.54 Å². The van der Waals surface area contributed by atoms with E-state index in [1.165, 1.54) is 5.56 Å². The monoisotopic (exact) mass is 245 g/mol. The topological polar surface area (TPSA) is 39.5 Å². The van der Waals surface area contributed by atoms with E-state index in [0.717, 1.165) is 38.5 Å². The first-order valence-corrected chi connectivity index (χ1v) is 6.26. The molecule has 0 aromatic heterocycles. The quantitative estimate of drug-likeness (QED) is 0.750. The summed E-state index contributed by atoms with van der Waals surface area (Å²) in [6.07, 6.45) is 0. The average molecular weight is 245 g/mol. The van der Waals surface area contributed by atoms with Crippen LogP contribution in [0.25, 0.3) is 0 Å². The van der Waals surface area contributed by atoms with Crippen LogP contribution in [-0.4, -0.2) is 49.6 Å². The van der Waals surface area contributed by atoms with Gasteiger partial charge in [0.05, 0.1) is 19.7 Å². The minimum atomic E-state index is 0.552. The van der Waals surface area contributed by atoms with Gasteiger partial charge in [-0.05, 0) is 17.7 Å². The van der Waals surface area contributed by atoms with Gasteiger partial charge in [0.15, 0.2) is 0 Å². The number of hydrogen-bond acceptors (Lipinski definition) is 4. The molecule has 0 saturated carbocycles. The molecule has 1 fully saturated rings. The van der Waals surface area contributed by atoms with Crippen molar-refractivity contribution in [3.05, 3.63) is 29.8 Å². The third kappa shape index (κ3) is 3.46. The lowest BCUT2D eigenvalue weighted by Crippen LogP contribution is -2.45. The van der Waals surface area contributed by atoms with Crippen LogP contribution in [0.5, 0.6) is 5.75 Å². The third-order valence-electron chi connectivity index (χ3n) is 3.32. The number of nitriles is 1. The first kappa shape index (κ1) is 12.9. The summed E-state index contributed by atoms with van der Waals surface area (Å²) >= 11 is 0. The smallest absolute Gasteiger partial charge is 0.118 e. The van der Waals surface area contributed by atoms with Crippen molar-refractivity contribution in [3.8, 4) is 11.8 Å². The van der Waals surface area contributed by atoms with Crippen LogP contribution in [0.15, 0.2) is 24.3 Å².